The van der Waals surface area contributed by atoms with Gasteiger partial charge in [-0.05, 0) is 58.8 Å². The summed E-state index contributed by atoms with van der Waals surface area (Å²) in [7, 11) is -3.97. The zero-order chi connectivity index (χ0) is 19.6. The summed E-state index contributed by atoms with van der Waals surface area (Å²) in [5, 5.41) is 14.4. The van der Waals surface area contributed by atoms with Crippen LogP contribution < -0.4 is 10.6 Å². The van der Waals surface area contributed by atoms with Crippen molar-refractivity contribution in [2.24, 2.45) is 4.40 Å². The van der Waals surface area contributed by atoms with Crippen LogP contribution in [0.4, 0.5) is 5.69 Å². The third-order valence-electron chi connectivity index (χ3n) is 3.83. The molecule has 3 N–H and O–H groups in total. The quantitative estimate of drug-likeness (QED) is 0.540. The lowest BCUT2D eigenvalue weighted by atomic mass is 10.0. The van der Waals surface area contributed by atoms with E-state index in [1.807, 2.05) is 22.6 Å². The van der Waals surface area contributed by atoms with E-state index in [0.717, 1.165) is 3.57 Å². The molecule has 8 nitrogen and oxygen atoms in total. The average molecular weight is 499 g/mol. The molecule has 140 valence electrons. The van der Waals surface area contributed by atoms with Crippen molar-refractivity contribution in [1.82, 2.24) is 5.32 Å². The smallest absolute Gasteiger partial charge is 0.335 e. The first-order valence-corrected chi connectivity index (χ1v) is 10.3. The van der Waals surface area contributed by atoms with E-state index in [4.69, 9.17) is 5.11 Å². The van der Waals surface area contributed by atoms with E-state index >= 15 is 0 Å². The number of sulfonamides is 1. The maximum atomic E-state index is 12.3. The third-order valence-corrected chi connectivity index (χ3v) is 5.82. The van der Waals surface area contributed by atoms with E-state index in [0.29, 0.717) is 5.56 Å². The minimum absolute atomic E-state index is 0.0151. The van der Waals surface area contributed by atoms with Crippen molar-refractivity contribution < 1.29 is 23.1 Å². The lowest BCUT2D eigenvalue weighted by Gasteiger charge is -2.18. The summed E-state index contributed by atoms with van der Waals surface area (Å²) in [6.45, 7) is 0.128. The molecule has 0 aromatic heterocycles. The number of hydrogen-bond donors (Lipinski definition) is 3. The van der Waals surface area contributed by atoms with E-state index in [1.54, 1.807) is 30.3 Å². The van der Waals surface area contributed by atoms with Crippen LogP contribution in [0.2, 0.25) is 0 Å². The monoisotopic (exact) mass is 499 g/mol. The molecule has 1 amide bonds. The molecule has 0 spiro atoms. The molecular weight excluding hydrogens is 485 g/mol. The number of amidine groups is 1. The number of rotatable bonds is 5. The fourth-order valence-corrected chi connectivity index (χ4v) is 4.41. The largest absolute Gasteiger partial charge is 0.478 e. The Balaban J connectivity index is 1.70. The molecule has 0 atom stereocenters. The number of aromatic carboxylic acids is 1. The van der Waals surface area contributed by atoms with Gasteiger partial charge in [-0.25, -0.2) is 4.79 Å². The minimum atomic E-state index is -3.97. The summed E-state index contributed by atoms with van der Waals surface area (Å²) < 4.78 is 28.8. The number of carboxylic acids is 1. The SMILES string of the molecule is O=C(NCCc1ccccc1C(=O)O)C1=NS(=O)(=O)c2cc(I)ccc2N1. The Morgan fingerprint density at radius 2 is 1.93 bits per heavy atom. The molecule has 27 heavy (non-hydrogen) atoms. The summed E-state index contributed by atoms with van der Waals surface area (Å²) in [6, 6.07) is 11.2. The van der Waals surface area contributed by atoms with E-state index in [9.17, 15) is 18.0 Å². The highest BCUT2D eigenvalue weighted by Crippen LogP contribution is 2.28. The van der Waals surface area contributed by atoms with Crippen LogP contribution in [-0.4, -0.2) is 37.8 Å². The molecule has 0 fully saturated rings. The number of nitrogens with one attached hydrogen (secondary N) is 2. The Labute approximate surface area is 168 Å². The van der Waals surface area contributed by atoms with E-state index < -0.39 is 21.9 Å². The van der Waals surface area contributed by atoms with E-state index in [-0.39, 0.29) is 34.9 Å². The van der Waals surface area contributed by atoms with Gasteiger partial charge in [0, 0.05) is 10.1 Å². The van der Waals surface area contributed by atoms with Gasteiger partial charge in [-0.2, -0.15) is 8.42 Å². The number of carbonyl (C=O) groups excluding carboxylic acids is 1. The zero-order valence-corrected chi connectivity index (χ0v) is 16.7. The summed E-state index contributed by atoms with van der Waals surface area (Å²) in [5.41, 5.74) is 1.01. The first-order valence-electron chi connectivity index (χ1n) is 7.79. The van der Waals surface area contributed by atoms with Gasteiger partial charge in [0.05, 0.1) is 11.3 Å². The Morgan fingerprint density at radius 3 is 2.67 bits per heavy atom. The lowest BCUT2D eigenvalue weighted by molar-refractivity contribution is -0.114. The fraction of sp³-hybridized carbons (Fsp3) is 0.118. The number of carboxylic acid groups (broad SMARTS) is 1. The molecule has 1 aliphatic rings. The topological polar surface area (TPSA) is 125 Å². The van der Waals surface area contributed by atoms with Crippen LogP contribution in [0, 0.1) is 3.57 Å². The second-order valence-corrected chi connectivity index (χ2v) is 8.47. The molecule has 0 unspecified atom stereocenters. The number of hydrogen-bond acceptors (Lipinski definition) is 5. The van der Waals surface area contributed by atoms with Crippen molar-refractivity contribution in [3.63, 3.8) is 0 Å². The van der Waals surface area contributed by atoms with Gasteiger partial charge >= 0.3 is 5.97 Å². The molecular formula is C17H14IN3O5S. The summed E-state index contributed by atoms with van der Waals surface area (Å²) in [5.74, 6) is -2.06. The molecule has 0 radical (unpaired) electrons. The van der Waals surface area contributed by atoms with Gasteiger partial charge < -0.3 is 15.7 Å². The third kappa shape index (κ3) is 4.27. The van der Waals surface area contributed by atoms with Crippen molar-refractivity contribution in [3.05, 3.63) is 57.2 Å². The van der Waals surface area contributed by atoms with Crippen LogP contribution in [0.15, 0.2) is 51.8 Å². The second kappa shape index (κ2) is 7.64. The number of benzene rings is 2. The van der Waals surface area contributed by atoms with Crippen LogP contribution in [0.3, 0.4) is 0 Å². The number of nitrogens with zero attached hydrogens (tertiary/aromatic N) is 1. The molecule has 1 aliphatic heterocycles. The highest BCUT2D eigenvalue weighted by atomic mass is 127. The molecule has 2 aromatic rings. The summed E-state index contributed by atoms with van der Waals surface area (Å²) >= 11 is 1.99. The highest BCUT2D eigenvalue weighted by molar-refractivity contribution is 14.1. The van der Waals surface area contributed by atoms with Gasteiger partial charge in [-0.1, -0.05) is 18.2 Å². The van der Waals surface area contributed by atoms with Crippen molar-refractivity contribution in [2.45, 2.75) is 11.3 Å². The molecule has 1 heterocycles. The predicted octanol–water partition coefficient (Wildman–Crippen LogP) is 1.86. The summed E-state index contributed by atoms with van der Waals surface area (Å²) in [6.07, 6.45) is 0.281. The number of amides is 1. The van der Waals surface area contributed by atoms with Crippen LogP contribution >= 0.6 is 22.6 Å². The Kier molecular flexibility index (Phi) is 5.46. The lowest BCUT2D eigenvalue weighted by Crippen LogP contribution is -2.39. The van der Waals surface area contributed by atoms with Gasteiger partial charge in [-0.15, -0.1) is 4.40 Å². The normalized spacial score (nSPS) is 14.5. The van der Waals surface area contributed by atoms with Gasteiger partial charge in [-0.3, -0.25) is 4.79 Å². The molecule has 0 saturated heterocycles. The molecule has 0 aliphatic carbocycles. The summed E-state index contributed by atoms with van der Waals surface area (Å²) in [4.78, 5) is 23.5. The number of anilines is 1. The van der Waals surface area contributed by atoms with Gasteiger partial charge in [0.2, 0.25) is 5.84 Å². The Bertz CT molecular complexity index is 1070. The number of fused-ring (bicyclic) bond motifs is 1. The number of carbonyl (C=O) groups is 2. The second-order valence-electron chi connectivity index (χ2n) is 5.65. The standard InChI is InChI=1S/C17H14IN3O5S/c18-11-5-6-13-14(9-11)27(25,26)21-15(20-13)16(22)19-8-7-10-3-1-2-4-12(10)17(23)24/h1-6,9H,7-8H2,(H,19,22)(H,20,21)(H,23,24). The maximum Gasteiger partial charge on any atom is 0.335 e. The van der Waals surface area contributed by atoms with Gasteiger partial charge in [0.1, 0.15) is 4.90 Å². The average Bonchev–Trinajstić information content (AvgIpc) is 2.62. The van der Waals surface area contributed by atoms with E-state index in [1.165, 1.54) is 12.1 Å². The molecule has 10 heteroatoms. The maximum absolute atomic E-state index is 12.3. The molecule has 0 bridgehead atoms. The van der Waals surface area contributed by atoms with Crippen LogP contribution in [0.1, 0.15) is 15.9 Å². The molecule has 0 saturated carbocycles. The predicted molar refractivity (Wildman–Crippen MR) is 108 cm³/mol. The van der Waals surface area contributed by atoms with Crippen LogP contribution in [0.25, 0.3) is 0 Å². The van der Waals surface area contributed by atoms with Gasteiger partial charge in [0.15, 0.2) is 0 Å². The Morgan fingerprint density at radius 1 is 1.19 bits per heavy atom. The van der Waals surface area contributed by atoms with Crippen LogP contribution in [-0.2, 0) is 21.2 Å². The first-order chi connectivity index (χ1) is 12.8. The van der Waals surface area contributed by atoms with Crippen molar-refractivity contribution in [1.29, 1.82) is 0 Å². The van der Waals surface area contributed by atoms with Crippen molar-refractivity contribution >= 4 is 56.0 Å². The van der Waals surface area contributed by atoms with E-state index in [2.05, 4.69) is 15.0 Å². The van der Waals surface area contributed by atoms with Crippen molar-refractivity contribution in [3.8, 4) is 0 Å². The fourth-order valence-electron chi connectivity index (χ4n) is 2.57. The van der Waals surface area contributed by atoms with Crippen molar-refractivity contribution in [2.75, 3.05) is 11.9 Å². The van der Waals surface area contributed by atoms with Gasteiger partial charge in [0.25, 0.3) is 15.9 Å². The van der Waals surface area contributed by atoms with Crippen LogP contribution in [0.5, 0.6) is 0 Å². The zero-order valence-electron chi connectivity index (χ0n) is 13.8. The number of halogens is 1. The minimum Gasteiger partial charge on any atom is -0.478 e. The first kappa shape index (κ1) is 19.3. The molecule has 3 rings (SSSR count). The highest BCUT2D eigenvalue weighted by Gasteiger charge is 2.28. The molecule has 2 aromatic carbocycles. The Hall–Kier alpha value is -2.47.